The van der Waals surface area contributed by atoms with E-state index < -0.39 is 5.39 Å². The van der Waals surface area contributed by atoms with E-state index in [4.69, 9.17) is 16.6 Å². The predicted octanol–water partition coefficient (Wildman–Crippen LogP) is 5.28. The summed E-state index contributed by atoms with van der Waals surface area (Å²) in [5.41, 5.74) is 1.27. The lowest BCUT2D eigenvalue weighted by Gasteiger charge is -2.19. The van der Waals surface area contributed by atoms with Crippen molar-refractivity contribution in [3.63, 3.8) is 0 Å². The van der Waals surface area contributed by atoms with E-state index >= 15 is 0 Å². The van der Waals surface area contributed by atoms with Crippen molar-refractivity contribution in [2.75, 3.05) is 0 Å². The maximum absolute atomic E-state index is 6.12. The Labute approximate surface area is 162 Å². The highest BCUT2D eigenvalue weighted by Crippen LogP contribution is 2.60. The maximum atomic E-state index is 6.12. The molecule has 2 aromatic carbocycles. The van der Waals surface area contributed by atoms with Gasteiger partial charge in [0.2, 0.25) is 0 Å². The van der Waals surface area contributed by atoms with Gasteiger partial charge in [0.1, 0.15) is 5.39 Å². The first-order valence-electron chi connectivity index (χ1n) is 8.15. The monoisotopic (exact) mass is 404 g/mol. The summed E-state index contributed by atoms with van der Waals surface area (Å²) in [4.78, 5) is 1.00. The third kappa shape index (κ3) is 4.95. The summed E-state index contributed by atoms with van der Waals surface area (Å²) in [6, 6.07) is 20.9. The molecule has 2 nitrogen and oxygen atoms in total. The summed E-state index contributed by atoms with van der Waals surface area (Å²) < 4.78 is 7.33. The molecule has 1 heterocycles. The molecule has 1 aromatic heterocycles. The van der Waals surface area contributed by atoms with Crippen molar-refractivity contribution in [2.45, 2.75) is 25.6 Å². The topological polar surface area (TPSA) is 17.3 Å². The average Bonchev–Trinajstić information content (AvgIpc) is 3.02. The number of thiazole rings is 1. The van der Waals surface area contributed by atoms with E-state index in [1.54, 1.807) is 11.3 Å². The van der Waals surface area contributed by atoms with Crippen LogP contribution in [0.4, 0.5) is 0 Å². The third-order valence-electron chi connectivity index (χ3n) is 3.51. The number of benzene rings is 2. The van der Waals surface area contributed by atoms with E-state index in [-0.39, 0.29) is 0 Å². The molecule has 0 amide bonds. The summed E-state index contributed by atoms with van der Waals surface area (Å²) in [6.45, 7) is 5.20. The number of rotatable bonds is 6. The van der Waals surface area contributed by atoms with Gasteiger partial charge in [0.15, 0.2) is 4.80 Å². The highest BCUT2D eigenvalue weighted by atomic mass is 32.9. The Morgan fingerprint density at radius 1 is 1.08 bits per heavy atom. The van der Waals surface area contributed by atoms with E-state index in [1.165, 1.54) is 10.9 Å². The minimum atomic E-state index is -2.08. The van der Waals surface area contributed by atoms with E-state index in [0.29, 0.717) is 5.25 Å². The van der Waals surface area contributed by atoms with Crippen molar-refractivity contribution in [3.8, 4) is 0 Å². The molecule has 0 radical (unpaired) electrons. The first-order chi connectivity index (χ1) is 12.1. The Kier molecular flexibility index (Phi) is 6.34. The molecule has 6 heteroatoms. The summed E-state index contributed by atoms with van der Waals surface area (Å²) in [5.74, 6) is 0. The lowest BCUT2D eigenvalue weighted by molar-refractivity contribution is 0.774. The van der Waals surface area contributed by atoms with Crippen LogP contribution in [0.1, 0.15) is 19.4 Å². The van der Waals surface area contributed by atoms with Gasteiger partial charge in [0.05, 0.1) is 0 Å². The number of hydrogen-bond acceptors (Lipinski definition) is 3. The van der Waals surface area contributed by atoms with Crippen LogP contribution in [-0.4, -0.2) is 9.82 Å². The van der Waals surface area contributed by atoms with Crippen molar-refractivity contribution in [2.24, 2.45) is 4.76 Å². The Morgan fingerprint density at radius 2 is 1.72 bits per heavy atom. The first-order valence-corrected chi connectivity index (χ1v) is 13.3. The smallest absolute Gasteiger partial charge is 0.190 e. The van der Waals surface area contributed by atoms with Crippen LogP contribution >= 0.6 is 28.1 Å². The summed E-state index contributed by atoms with van der Waals surface area (Å²) in [7, 11) is 0. The fourth-order valence-electron chi connectivity index (χ4n) is 2.43. The normalized spacial score (nSPS) is 14.6. The molecule has 0 N–H and O–H groups in total. The van der Waals surface area contributed by atoms with Crippen LogP contribution in [0.15, 0.2) is 77.0 Å². The molecule has 25 heavy (non-hydrogen) atoms. The molecule has 0 bridgehead atoms. The lowest BCUT2D eigenvalue weighted by atomic mass is 10.2. The van der Waals surface area contributed by atoms with Crippen LogP contribution in [0.25, 0.3) is 0 Å². The molecule has 0 spiro atoms. The second-order valence-corrected chi connectivity index (χ2v) is 14.2. The molecule has 1 atom stereocenters. The Morgan fingerprint density at radius 3 is 2.36 bits per heavy atom. The lowest BCUT2D eigenvalue weighted by Crippen LogP contribution is -2.16. The van der Waals surface area contributed by atoms with E-state index in [0.717, 1.165) is 11.3 Å². The van der Waals surface area contributed by atoms with Gasteiger partial charge in [-0.05, 0) is 5.56 Å². The molecule has 3 rings (SSSR count). The van der Waals surface area contributed by atoms with Gasteiger partial charge in [-0.25, -0.2) is 4.76 Å². The highest BCUT2D eigenvalue weighted by molar-refractivity contribution is 8.72. The van der Waals surface area contributed by atoms with Gasteiger partial charge in [0, 0.05) is 28.7 Å². The van der Waals surface area contributed by atoms with E-state index in [1.807, 2.05) is 23.5 Å². The summed E-state index contributed by atoms with van der Waals surface area (Å²) in [6.07, 6.45) is 2.10. The zero-order valence-corrected chi connectivity index (χ0v) is 17.6. The van der Waals surface area contributed by atoms with Crippen molar-refractivity contribution in [3.05, 3.63) is 82.6 Å². The van der Waals surface area contributed by atoms with Crippen molar-refractivity contribution in [1.82, 2.24) is 4.57 Å². The van der Waals surface area contributed by atoms with E-state index in [2.05, 4.69) is 78.5 Å². The molecular weight excluding hydrogens is 383 g/mol. The van der Waals surface area contributed by atoms with Crippen molar-refractivity contribution >= 4 is 45.2 Å². The second-order valence-electron chi connectivity index (χ2n) is 5.91. The molecule has 0 saturated heterocycles. The molecule has 0 aliphatic rings. The van der Waals surface area contributed by atoms with Gasteiger partial charge in [-0.2, -0.15) is 0 Å². The van der Waals surface area contributed by atoms with Gasteiger partial charge >= 0.3 is 0 Å². The largest absolute Gasteiger partial charge is 0.319 e. The minimum absolute atomic E-state index is 0.442. The Hall–Kier alpha value is -1.13. The average molecular weight is 405 g/mol. The zero-order valence-electron chi connectivity index (χ0n) is 14.3. The molecule has 0 aliphatic heterocycles. The van der Waals surface area contributed by atoms with Gasteiger partial charge in [0.25, 0.3) is 0 Å². The highest BCUT2D eigenvalue weighted by Gasteiger charge is 2.21. The van der Waals surface area contributed by atoms with E-state index in [9.17, 15) is 0 Å². The Balaban J connectivity index is 2.02. The minimum Gasteiger partial charge on any atom is -0.319 e. The molecule has 0 fully saturated rings. The maximum Gasteiger partial charge on any atom is 0.190 e. The molecule has 3 aromatic rings. The molecule has 0 aliphatic carbocycles. The van der Waals surface area contributed by atoms with Gasteiger partial charge < -0.3 is 4.57 Å². The first kappa shape index (κ1) is 18.7. The van der Waals surface area contributed by atoms with Crippen LogP contribution in [0, 0.1) is 0 Å². The third-order valence-corrected chi connectivity index (χ3v) is 11.2. The fourth-order valence-corrected chi connectivity index (χ4v) is 10.6. The van der Waals surface area contributed by atoms with Crippen LogP contribution < -0.4 is 10.1 Å². The van der Waals surface area contributed by atoms with Crippen LogP contribution in [0.3, 0.4) is 0 Å². The number of hydrogen-bond donors (Lipinski definition) is 0. The fraction of sp³-hybridized carbons (Fsp3) is 0.211. The Bertz CT molecular complexity index is 914. The standard InChI is InChI=1S/C19H21N2PS3/c1-16(2)25-22(23,18-11-7-4-8-12-18)20-19-21(13-14-24-19)15-17-9-5-3-6-10-17/h3-14,16H,15H2,1-2H3/b20-19-. The molecular formula is C19H21N2PS3. The van der Waals surface area contributed by atoms with Crippen LogP contribution in [-0.2, 0) is 18.4 Å². The van der Waals surface area contributed by atoms with Gasteiger partial charge in [-0.15, -0.1) is 11.3 Å². The molecule has 0 saturated carbocycles. The van der Waals surface area contributed by atoms with Crippen LogP contribution in [0.5, 0.6) is 0 Å². The van der Waals surface area contributed by atoms with Gasteiger partial charge in [-0.1, -0.05) is 97.7 Å². The summed E-state index contributed by atoms with van der Waals surface area (Å²) >= 11 is 9.60. The zero-order chi connectivity index (χ0) is 17.7. The van der Waals surface area contributed by atoms with Crippen molar-refractivity contribution < 1.29 is 0 Å². The SMILES string of the molecule is CC(C)SP(=S)(/N=c1\sccn1Cc1ccccc1)c1ccccc1. The summed E-state index contributed by atoms with van der Waals surface area (Å²) in [5, 5.41) is 1.62. The number of nitrogens with zero attached hydrogens (tertiary/aromatic N) is 2. The number of aromatic nitrogens is 1. The predicted molar refractivity (Wildman–Crippen MR) is 117 cm³/mol. The van der Waals surface area contributed by atoms with Crippen molar-refractivity contribution in [1.29, 1.82) is 0 Å². The molecule has 130 valence electrons. The van der Waals surface area contributed by atoms with Crippen LogP contribution in [0.2, 0.25) is 0 Å². The van der Waals surface area contributed by atoms with Gasteiger partial charge in [-0.3, -0.25) is 0 Å². The molecule has 1 unspecified atom stereocenters. The second kappa shape index (κ2) is 8.50. The quantitative estimate of drug-likeness (QED) is 0.520.